The Morgan fingerprint density at radius 1 is 1.44 bits per heavy atom. The van der Waals surface area contributed by atoms with Gasteiger partial charge >= 0.3 is 0 Å². The predicted molar refractivity (Wildman–Crippen MR) is 72.3 cm³/mol. The van der Waals surface area contributed by atoms with Gasteiger partial charge in [-0.3, -0.25) is 10.1 Å². The molecule has 0 aliphatic rings. The summed E-state index contributed by atoms with van der Waals surface area (Å²) in [5.41, 5.74) is 0.425. The van der Waals surface area contributed by atoms with Crippen LogP contribution in [0.5, 0.6) is 0 Å². The van der Waals surface area contributed by atoms with Crippen molar-refractivity contribution in [3.63, 3.8) is 0 Å². The molecule has 94 valence electrons. The van der Waals surface area contributed by atoms with Gasteiger partial charge in [0, 0.05) is 10.9 Å². The van der Waals surface area contributed by atoms with Crippen molar-refractivity contribution >= 4 is 34.4 Å². The lowest BCUT2D eigenvalue weighted by atomic mass is 10.3. The first-order chi connectivity index (χ1) is 8.56. The summed E-state index contributed by atoms with van der Waals surface area (Å²) >= 11 is 7.31. The Balaban J connectivity index is 2.06. The van der Waals surface area contributed by atoms with Gasteiger partial charge < -0.3 is 5.32 Å². The van der Waals surface area contributed by atoms with E-state index in [0.717, 1.165) is 9.21 Å². The van der Waals surface area contributed by atoms with E-state index in [2.05, 4.69) is 10.3 Å². The van der Waals surface area contributed by atoms with Crippen LogP contribution < -0.4 is 5.32 Å². The maximum Gasteiger partial charge on any atom is 0.290 e. The van der Waals surface area contributed by atoms with Gasteiger partial charge in [-0.25, -0.2) is 4.98 Å². The standard InChI is InChI=1S/C11H10ClN3O2S/c1-7-9(15(16)17)3-5-11(14-7)13-6-8-2-4-10(12)18-8/h2-5H,6H2,1H3,(H,13,14). The summed E-state index contributed by atoms with van der Waals surface area (Å²) in [7, 11) is 0. The molecule has 0 fully saturated rings. The van der Waals surface area contributed by atoms with Crippen LogP contribution in [0.3, 0.4) is 0 Å². The second-order valence-electron chi connectivity index (χ2n) is 3.62. The maximum absolute atomic E-state index is 10.6. The minimum atomic E-state index is -0.439. The smallest absolute Gasteiger partial charge is 0.290 e. The monoisotopic (exact) mass is 283 g/mol. The van der Waals surface area contributed by atoms with Gasteiger partial charge in [0.05, 0.1) is 15.8 Å². The quantitative estimate of drug-likeness (QED) is 0.687. The van der Waals surface area contributed by atoms with E-state index in [1.807, 2.05) is 12.1 Å². The van der Waals surface area contributed by atoms with Gasteiger partial charge in [-0.2, -0.15) is 0 Å². The minimum Gasteiger partial charge on any atom is -0.365 e. The number of rotatable bonds is 4. The number of anilines is 1. The number of nitro groups is 1. The number of thiophene rings is 1. The number of aryl methyl sites for hydroxylation is 1. The van der Waals surface area contributed by atoms with Crippen molar-refractivity contribution in [3.05, 3.63) is 49.3 Å². The summed E-state index contributed by atoms with van der Waals surface area (Å²) in [6.07, 6.45) is 0. The van der Waals surface area contributed by atoms with Crippen LogP contribution in [0.4, 0.5) is 11.5 Å². The molecule has 0 radical (unpaired) electrons. The molecule has 0 unspecified atom stereocenters. The Morgan fingerprint density at radius 2 is 2.22 bits per heavy atom. The largest absolute Gasteiger partial charge is 0.365 e. The van der Waals surface area contributed by atoms with E-state index >= 15 is 0 Å². The van der Waals surface area contributed by atoms with Crippen LogP contribution in [-0.4, -0.2) is 9.91 Å². The van der Waals surface area contributed by atoms with Crippen molar-refractivity contribution in [1.82, 2.24) is 4.98 Å². The SMILES string of the molecule is Cc1nc(NCc2ccc(Cl)s2)ccc1[N+](=O)[O-]. The molecule has 0 bridgehead atoms. The first-order valence-corrected chi connectivity index (χ1v) is 6.36. The summed E-state index contributed by atoms with van der Waals surface area (Å²) in [6.45, 7) is 2.22. The van der Waals surface area contributed by atoms with Crippen molar-refractivity contribution in [1.29, 1.82) is 0 Å². The summed E-state index contributed by atoms with van der Waals surface area (Å²) < 4.78 is 0.736. The Kier molecular flexibility index (Phi) is 3.78. The molecule has 0 saturated carbocycles. The van der Waals surface area contributed by atoms with E-state index in [0.29, 0.717) is 18.1 Å². The van der Waals surface area contributed by atoms with Gasteiger partial charge in [-0.1, -0.05) is 11.6 Å². The normalized spacial score (nSPS) is 10.3. The topological polar surface area (TPSA) is 68.1 Å². The van der Waals surface area contributed by atoms with Crippen molar-refractivity contribution in [2.24, 2.45) is 0 Å². The summed E-state index contributed by atoms with van der Waals surface area (Å²) in [4.78, 5) is 15.4. The number of nitrogens with one attached hydrogen (secondary N) is 1. The van der Waals surface area contributed by atoms with E-state index in [4.69, 9.17) is 11.6 Å². The molecule has 0 saturated heterocycles. The van der Waals surface area contributed by atoms with E-state index < -0.39 is 4.92 Å². The highest BCUT2D eigenvalue weighted by atomic mass is 35.5. The molecule has 7 heteroatoms. The minimum absolute atomic E-state index is 0.0275. The number of hydrogen-bond acceptors (Lipinski definition) is 5. The molecule has 5 nitrogen and oxygen atoms in total. The fourth-order valence-electron chi connectivity index (χ4n) is 1.47. The third-order valence-electron chi connectivity index (χ3n) is 2.33. The van der Waals surface area contributed by atoms with Gasteiger partial charge in [0.1, 0.15) is 11.5 Å². The van der Waals surface area contributed by atoms with Gasteiger partial charge in [-0.15, -0.1) is 11.3 Å². The van der Waals surface area contributed by atoms with Crippen LogP contribution in [0.1, 0.15) is 10.6 Å². The van der Waals surface area contributed by atoms with Gasteiger partial charge in [0.2, 0.25) is 0 Å². The first-order valence-electron chi connectivity index (χ1n) is 5.16. The van der Waals surface area contributed by atoms with Crippen molar-refractivity contribution in [3.8, 4) is 0 Å². The zero-order valence-corrected chi connectivity index (χ0v) is 11.1. The second kappa shape index (κ2) is 5.32. The highest BCUT2D eigenvalue weighted by molar-refractivity contribution is 7.16. The predicted octanol–water partition coefficient (Wildman–Crippen LogP) is 3.63. The molecule has 1 N–H and O–H groups in total. The van der Waals surface area contributed by atoms with Crippen LogP contribution in [0.25, 0.3) is 0 Å². The zero-order valence-electron chi connectivity index (χ0n) is 9.51. The molecule has 0 aliphatic heterocycles. The Morgan fingerprint density at radius 3 is 2.78 bits per heavy atom. The molecule has 2 aromatic heterocycles. The van der Waals surface area contributed by atoms with Gasteiger partial charge in [0.25, 0.3) is 5.69 Å². The lowest BCUT2D eigenvalue weighted by Gasteiger charge is -2.04. The number of hydrogen-bond donors (Lipinski definition) is 1. The molecule has 0 aliphatic carbocycles. The Labute approximate surface area is 113 Å². The molecule has 2 aromatic rings. The molecule has 0 spiro atoms. The van der Waals surface area contributed by atoms with Crippen LogP contribution >= 0.6 is 22.9 Å². The van der Waals surface area contributed by atoms with E-state index in [1.54, 1.807) is 13.0 Å². The summed E-state index contributed by atoms with van der Waals surface area (Å²) in [6, 6.07) is 6.81. The molecule has 2 rings (SSSR count). The Hall–Kier alpha value is -1.66. The Bertz CT molecular complexity index is 585. The molecule has 2 heterocycles. The fraction of sp³-hybridized carbons (Fsp3) is 0.182. The first kappa shape index (κ1) is 12.8. The number of aromatic nitrogens is 1. The molecular formula is C11H10ClN3O2S. The highest BCUT2D eigenvalue weighted by Crippen LogP contribution is 2.23. The van der Waals surface area contributed by atoms with Gasteiger partial charge in [-0.05, 0) is 25.1 Å². The van der Waals surface area contributed by atoms with Crippen LogP contribution in [-0.2, 0) is 6.54 Å². The fourth-order valence-corrected chi connectivity index (χ4v) is 2.50. The van der Waals surface area contributed by atoms with Crippen LogP contribution in [0.15, 0.2) is 24.3 Å². The van der Waals surface area contributed by atoms with Crippen LogP contribution in [0.2, 0.25) is 4.34 Å². The lowest BCUT2D eigenvalue weighted by Crippen LogP contribution is -2.02. The summed E-state index contributed by atoms with van der Waals surface area (Å²) in [5.74, 6) is 0.614. The maximum atomic E-state index is 10.6. The molecule has 0 aromatic carbocycles. The van der Waals surface area contributed by atoms with Crippen molar-refractivity contribution < 1.29 is 4.92 Å². The average Bonchev–Trinajstić information content (AvgIpc) is 2.72. The van der Waals surface area contributed by atoms with Crippen LogP contribution in [0, 0.1) is 17.0 Å². The van der Waals surface area contributed by atoms with Crippen molar-refractivity contribution in [2.75, 3.05) is 5.32 Å². The third kappa shape index (κ3) is 2.96. The van der Waals surface area contributed by atoms with Crippen molar-refractivity contribution in [2.45, 2.75) is 13.5 Å². The zero-order chi connectivity index (χ0) is 13.1. The van der Waals surface area contributed by atoms with Gasteiger partial charge in [0.15, 0.2) is 0 Å². The third-order valence-corrected chi connectivity index (χ3v) is 3.56. The number of halogens is 1. The molecule has 0 atom stereocenters. The average molecular weight is 284 g/mol. The number of pyridine rings is 1. The lowest BCUT2D eigenvalue weighted by molar-refractivity contribution is -0.385. The van der Waals surface area contributed by atoms with E-state index in [-0.39, 0.29) is 5.69 Å². The highest BCUT2D eigenvalue weighted by Gasteiger charge is 2.11. The molecule has 18 heavy (non-hydrogen) atoms. The van der Waals surface area contributed by atoms with E-state index in [9.17, 15) is 10.1 Å². The van der Waals surface area contributed by atoms with E-state index in [1.165, 1.54) is 17.4 Å². The number of nitrogens with zero attached hydrogens (tertiary/aromatic N) is 2. The second-order valence-corrected chi connectivity index (χ2v) is 5.42. The molecule has 0 amide bonds. The summed E-state index contributed by atoms with van der Waals surface area (Å²) in [5, 5.41) is 13.7. The molecular weight excluding hydrogens is 274 g/mol.